The number of benzene rings is 1. The van der Waals surface area contributed by atoms with Crippen LogP contribution < -0.4 is 11.1 Å². The molecule has 0 bridgehead atoms. The minimum atomic E-state index is -1.49. The van der Waals surface area contributed by atoms with E-state index in [0.717, 1.165) is 38.2 Å². The first-order valence-corrected chi connectivity index (χ1v) is 6.74. The number of hydrogen-bond donors (Lipinski definition) is 3. The van der Waals surface area contributed by atoms with E-state index in [2.05, 4.69) is 5.32 Å². The lowest BCUT2D eigenvalue weighted by molar-refractivity contribution is 0.0690. The number of aromatic carboxylic acids is 1. The second-order valence-electron chi connectivity index (χ2n) is 5.15. The Bertz CT molecular complexity index is 508. The summed E-state index contributed by atoms with van der Waals surface area (Å²) in [4.78, 5) is 10.7. The van der Waals surface area contributed by atoms with E-state index in [4.69, 9.17) is 10.8 Å². The predicted molar refractivity (Wildman–Crippen MR) is 71.8 cm³/mol. The molecule has 20 heavy (non-hydrogen) atoms. The van der Waals surface area contributed by atoms with Gasteiger partial charge in [0.2, 0.25) is 0 Å². The molecule has 2 rings (SSSR count). The molecule has 0 aliphatic heterocycles. The molecule has 0 radical (unpaired) electrons. The molecule has 1 aliphatic rings. The molecule has 0 amide bonds. The monoisotopic (exact) mass is 284 g/mol. The molecule has 110 valence electrons. The normalized spacial score (nSPS) is 23.1. The summed E-state index contributed by atoms with van der Waals surface area (Å²) in [7, 11) is 0. The first kappa shape index (κ1) is 14.7. The SMILES string of the molecule is NC1CCCCCC1Nc1ccc(C(=O)O)c(F)c1F. The fourth-order valence-corrected chi connectivity index (χ4v) is 2.54. The summed E-state index contributed by atoms with van der Waals surface area (Å²) in [6.45, 7) is 0. The maximum Gasteiger partial charge on any atom is 0.338 e. The number of hydrogen-bond acceptors (Lipinski definition) is 3. The highest BCUT2D eigenvalue weighted by molar-refractivity contribution is 5.88. The Morgan fingerprint density at radius 2 is 1.90 bits per heavy atom. The van der Waals surface area contributed by atoms with Crippen LogP contribution >= 0.6 is 0 Å². The third kappa shape index (κ3) is 3.07. The smallest absolute Gasteiger partial charge is 0.338 e. The number of anilines is 1. The third-order valence-electron chi connectivity index (χ3n) is 3.72. The third-order valence-corrected chi connectivity index (χ3v) is 3.72. The fourth-order valence-electron chi connectivity index (χ4n) is 2.54. The van der Waals surface area contributed by atoms with Crippen molar-refractivity contribution in [3.63, 3.8) is 0 Å². The molecule has 1 fully saturated rings. The zero-order chi connectivity index (χ0) is 14.7. The van der Waals surface area contributed by atoms with Crippen molar-refractivity contribution in [2.45, 2.75) is 44.2 Å². The van der Waals surface area contributed by atoms with Crippen LogP contribution in [-0.4, -0.2) is 23.2 Å². The minimum absolute atomic E-state index is 0.0325. The largest absolute Gasteiger partial charge is 0.478 e. The number of rotatable bonds is 3. The molecule has 2 unspecified atom stereocenters. The lowest BCUT2D eigenvalue weighted by Crippen LogP contribution is -2.39. The Labute approximate surface area is 116 Å². The summed E-state index contributed by atoms with van der Waals surface area (Å²) < 4.78 is 27.5. The summed E-state index contributed by atoms with van der Waals surface area (Å²) in [6.07, 6.45) is 4.75. The van der Waals surface area contributed by atoms with Gasteiger partial charge in [-0.25, -0.2) is 13.6 Å². The van der Waals surface area contributed by atoms with Gasteiger partial charge in [-0.1, -0.05) is 19.3 Å². The van der Waals surface area contributed by atoms with Gasteiger partial charge in [-0.15, -0.1) is 0 Å². The van der Waals surface area contributed by atoms with E-state index < -0.39 is 23.2 Å². The fraction of sp³-hybridized carbons (Fsp3) is 0.500. The zero-order valence-corrected chi connectivity index (χ0v) is 11.0. The summed E-state index contributed by atoms with van der Waals surface area (Å²) in [6, 6.07) is 2.08. The number of carbonyl (C=O) groups is 1. The molecule has 0 aromatic heterocycles. The molecule has 6 heteroatoms. The van der Waals surface area contributed by atoms with Crippen molar-refractivity contribution in [2.24, 2.45) is 5.73 Å². The molecule has 4 N–H and O–H groups in total. The van der Waals surface area contributed by atoms with Gasteiger partial charge >= 0.3 is 5.97 Å². The highest BCUT2D eigenvalue weighted by atomic mass is 19.2. The van der Waals surface area contributed by atoms with Crippen LogP contribution in [0.2, 0.25) is 0 Å². The second-order valence-corrected chi connectivity index (χ2v) is 5.15. The topological polar surface area (TPSA) is 75.3 Å². The Morgan fingerprint density at radius 1 is 1.20 bits per heavy atom. The van der Waals surface area contributed by atoms with Crippen LogP contribution in [0.1, 0.15) is 42.5 Å². The van der Waals surface area contributed by atoms with E-state index in [1.165, 1.54) is 6.07 Å². The van der Waals surface area contributed by atoms with Crippen LogP contribution in [0.15, 0.2) is 12.1 Å². The molecule has 2 atom stereocenters. The van der Waals surface area contributed by atoms with Crippen molar-refractivity contribution in [2.75, 3.05) is 5.32 Å². The van der Waals surface area contributed by atoms with Gasteiger partial charge < -0.3 is 16.2 Å². The summed E-state index contributed by atoms with van der Waals surface area (Å²) in [5, 5.41) is 11.6. The second kappa shape index (κ2) is 6.17. The number of carboxylic acid groups (broad SMARTS) is 1. The van der Waals surface area contributed by atoms with E-state index >= 15 is 0 Å². The highest BCUT2D eigenvalue weighted by Gasteiger charge is 2.23. The van der Waals surface area contributed by atoms with Crippen LogP contribution in [0, 0.1) is 11.6 Å². The van der Waals surface area contributed by atoms with Gasteiger partial charge in [-0.3, -0.25) is 0 Å². The van der Waals surface area contributed by atoms with Crippen LogP contribution in [0.3, 0.4) is 0 Å². The van der Waals surface area contributed by atoms with Gasteiger partial charge in [-0.05, 0) is 25.0 Å². The average molecular weight is 284 g/mol. The molecule has 1 aromatic rings. The standard InChI is InChI=1S/C14H18F2N2O2/c15-12-8(14(19)20)6-7-11(13(12)16)18-10-5-3-1-2-4-9(10)17/h6-7,9-10,18H,1-5,17H2,(H,19,20). The van der Waals surface area contributed by atoms with Gasteiger partial charge in [0.05, 0.1) is 11.3 Å². The summed E-state index contributed by atoms with van der Waals surface area (Å²) >= 11 is 0. The number of carboxylic acids is 1. The van der Waals surface area contributed by atoms with E-state index in [-0.39, 0.29) is 17.8 Å². The molecule has 1 aromatic carbocycles. The van der Waals surface area contributed by atoms with Crippen LogP contribution in [0.25, 0.3) is 0 Å². The van der Waals surface area contributed by atoms with E-state index in [1.807, 2.05) is 0 Å². The number of nitrogens with two attached hydrogens (primary N) is 1. The van der Waals surface area contributed by atoms with Gasteiger partial charge in [0.25, 0.3) is 0 Å². The van der Waals surface area contributed by atoms with Crippen molar-refractivity contribution in [3.05, 3.63) is 29.3 Å². The van der Waals surface area contributed by atoms with Crippen LogP contribution in [0.4, 0.5) is 14.5 Å². The minimum Gasteiger partial charge on any atom is -0.478 e. The van der Waals surface area contributed by atoms with Crippen molar-refractivity contribution in [3.8, 4) is 0 Å². The van der Waals surface area contributed by atoms with Crippen LogP contribution in [0.5, 0.6) is 0 Å². The Morgan fingerprint density at radius 3 is 2.60 bits per heavy atom. The van der Waals surface area contributed by atoms with Crippen molar-refractivity contribution >= 4 is 11.7 Å². The molecular formula is C14H18F2N2O2. The van der Waals surface area contributed by atoms with Crippen molar-refractivity contribution in [1.29, 1.82) is 0 Å². The highest BCUT2D eigenvalue weighted by Crippen LogP contribution is 2.25. The molecule has 1 aliphatic carbocycles. The number of halogens is 2. The van der Waals surface area contributed by atoms with E-state index in [0.29, 0.717) is 0 Å². The average Bonchev–Trinajstić information content (AvgIpc) is 2.60. The number of nitrogens with one attached hydrogen (secondary N) is 1. The quantitative estimate of drug-likeness (QED) is 0.746. The van der Waals surface area contributed by atoms with Gasteiger partial charge in [-0.2, -0.15) is 0 Å². The lowest BCUT2D eigenvalue weighted by atomic mass is 10.0. The summed E-state index contributed by atoms with van der Waals surface area (Å²) in [5.74, 6) is -4.00. The van der Waals surface area contributed by atoms with Crippen molar-refractivity contribution < 1.29 is 18.7 Å². The maximum atomic E-state index is 13.9. The molecule has 4 nitrogen and oxygen atoms in total. The van der Waals surface area contributed by atoms with Gasteiger partial charge in [0.15, 0.2) is 11.6 Å². The molecule has 1 saturated carbocycles. The molecule has 0 saturated heterocycles. The van der Waals surface area contributed by atoms with Crippen molar-refractivity contribution in [1.82, 2.24) is 0 Å². The Balaban J connectivity index is 2.21. The molecule has 0 spiro atoms. The predicted octanol–water partition coefficient (Wildman–Crippen LogP) is 2.73. The van der Waals surface area contributed by atoms with E-state index in [9.17, 15) is 13.6 Å². The summed E-state index contributed by atoms with van der Waals surface area (Å²) in [5.41, 5.74) is 5.32. The first-order valence-electron chi connectivity index (χ1n) is 6.74. The van der Waals surface area contributed by atoms with Gasteiger partial charge in [0, 0.05) is 12.1 Å². The van der Waals surface area contributed by atoms with E-state index in [1.54, 1.807) is 0 Å². The van der Waals surface area contributed by atoms with Crippen LogP contribution in [-0.2, 0) is 0 Å². The lowest BCUT2D eigenvalue weighted by Gasteiger charge is -2.24. The Hall–Kier alpha value is -1.69. The maximum absolute atomic E-state index is 13.9. The zero-order valence-electron chi connectivity index (χ0n) is 11.0. The van der Waals surface area contributed by atoms with Gasteiger partial charge in [0.1, 0.15) is 0 Å². The molecule has 0 heterocycles. The Kier molecular flexibility index (Phi) is 4.54. The molecular weight excluding hydrogens is 266 g/mol. The first-order chi connectivity index (χ1) is 9.50.